The molecule has 0 spiro atoms. The lowest BCUT2D eigenvalue weighted by Crippen LogP contribution is -2.47. The lowest BCUT2D eigenvalue weighted by atomic mass is 10.0. The van der Waals surface area contributed by atoms with E-state index in [1.165, 1.54) is 19.0 Å². The summed E-state index contributed by atoms with van der Waals surface area (Å²) in [7, 11) is 0. The summed E-state index contributed by atoms with van der Waals surface area (Å²) in [6.45, 7) is 7.89. The molecule has 0 bridgehead atoms. The largest absolute Gasteiger partial charge is 0.334 e. The standard InChI is InChI=1S/C19H27N3O2/c1-14(2)17-13-22(10-4-9-21(17)12-15-6-7-15)19(24)18(23)16-5-3-8-20-11-16/h3,5,8,11,14-15,17H,4,6-7,9-10,12-13H2,1-2H3/t17-/m1/s1. The SMILES string of the molecule is CC(C)[C@H]1CN(C(=O)C(=O)c2cccnc2)CCCN1CC1CC1. The van der Waals surface area contributed by atoms with Crippen LogP contribution in [0.5, 0.6) is 0 Å². The number of nitrogens with zero attached hydrogens (tertiary/aromatic N) is 3. The van der Waals surface area contributed by atoms with E-state index >= 15 is 0 Å². The zero-order chi connectivity index (χ0) is 17.1. The Labute approximate surface area is 144 Å². The molecular weight excluding hydrogens is 302 g/mol. The fourth-order valence-corrected chi connectivity index (χ4v) is 3.50. The van der Waals surface area contributed by atoms with Gasteiger partial charge < -0.3 is 4.90 Å². The van der Waals surface area contributed by atoms with Crippen LogP contribution in [0.4, 0.5) is 0 Å². The monoisotopic (exact) mass is 329 g/mol. The maximum Gasteiger partial charge on any atom is 0.295 e. The van der Waals surface area contributed by atoms with E-state index in [1.54, 1.807) is 23.2 Å². The molecule has 0 radical (unpaired) electrons. The molecule has 5 nitrogen and oxygen atoms in total. The molecule has 2 heterocycles. The third kappa shape index (κ3) is 4.01. The van der Waals surface area contributed by atoms with Crippen LogP contribution >= 0.6 is 0 Å². The van der Waals surface area contributed by atoms with E-state index in [4.69, 9.17) is 0 Å². The van der Waals surface area contributed by atoms with E-state index in [1.807, 2.05) is 0 Å². The van der Waals surface area contributed by atoms with Crippen molar-refractivity contribution in [2.45, 2.75) is 39.2 Å². The van der Waals surface area contributed by atoms with E-state index < -0.39 is 5.78 Å². The number of aromatic nitrogens is 1. The molecule has 1 aromatic rings. The van der Waals surface area contributed by atoms with Crippen molar-refractivity contribution in [2.24, 2.45) is 11.8 Å². The molecule has 0 N–H and O–H groups in total. The summed E-state index contributed by atoms with van der Waals surface area (Å²) in [6.07, 6.45) is 6.68. The number of carbonyl (C=O) groups excluding carboxylic acids is 2. The number of amides is 1. The van der Waals surface area contributed by atoms with Crippen LogP contribution < -0.4 is 0 Å². The van der Waals surface area contributed by atoms with E-state index in [0.717, 1.165) is 25.4 Å². The molecule has 2 aliphatic rings. The first-order chi connectivity index (χ1) is 11.6. The van der Waals surface area contributed by atoms with E-state index in [2.05, 4.69) is 23.7 Å². The molecule has 0 aromatic carbocycles. The van der Waals surface area contributed by atoms with Crippen molar-refractivity contribution in [1.29, 1.82) is 0 Å². The molecule has 1 amide bonds. The van der Waals surface area contributed by atoms with Gasteiger partial charge in [-0.2, -0.15) is 0 Å². The number of hydrogen-bond acceptors (Lipinski definition) is 4. The van der Waals surface area contributed by atoms with Gasteiger partial charge in [0.05, 0.1) is 0 Å². The molecule has 1 aromatic heterocycles. The predicted octanol–water partition coefficient (Wildman–Crippen LogP) is 2.23. The number of rotatable bonds is 5. The topological polar surface area (TPSA) is 53.5 Å². The molecule has 1 atom stereocenters. The van der Waals surface area contributed by atoms with Crippen molar-refractivity contribution in [3.05, 3.63) is 30.1 Å². The summed E-state index contributed by atoms with van der Waals surface area (Å²) >= 11 is 0. The van der Waals surface area contributed by atoms with Crippen LogP contribution in [0.2, 0.25) is 0 Å². The Kier molecular flexibility index (Phi) is 5.29. The van der Waals surface area contributed by atoms with Gasteiger partial charge in [-0.05, 0) is 43.2 Å². The van der Waals surface area contributed by atoms with Gasteiger partial charge in [-0.1, -0.05) is 13.8 Å². The minimum Gasteiger partial charge on any atom is -0.334 e. The second kappa shape index (κ2) is 7.43. The van der Waals surface area contributed by atoms with Crippen molar-refractivity contribution < 1.29 is 9.59 Å². The van der Waals surface area contributed by atoms with Gasteiger partial charge in [-0.3, -0.25) is 19.5 Å². The molecule has 130 valence electrons. The number of ketones is 1. The van der Waals surface area contributed by atoms with Gasteiger partial charge in [0, 0.05) is 50.2 Å². The van der Waals surface area contributed by atoms with Crippen molar-refractivity contribution in [2.75, 3.05) is 26.2 Å². The molecule has 1 saturated heterocycles. The highest BCUT2D eigenvalue weighted by Gasteiger charge is 2.34. The Morgan fingerprint density at radius 3 is 2.71 bits per heavy atom. The highest BCUT2D eigenvalue weighted by molar-refractivity contribution is 6.42. The zero-order valence-corrected chi connectivity index (χ0v) is 14.6. The number of pyridine rings is 1. The third-order valence-electron chi connectivity index (χ3n) is 5.11. The fourth-order valence-electron chi connectivity index (χ4n) is 3.50. The van der Waals surface area contributed by atoms with Crippen molar-refractivity contribution >= 4 is 11.7 Å². The van der Waals surface area contributed by atoms with Crippen LogP contribution in [-0.2, 0) is 4.79 Å². The summed E-state index contributed by atoms with van der Waals surface area (Å²) in [6, 6.07) is 3.68. The van der Waals surface area contributed by atoms with E-state index in [0.29, 0.717) is 30.6 Å². The fraction of sp³-hybridized carbons (Fsp3) is 0.632. The third-order valence-corrected chi connectivity index (χ3v) is 5.11. The highest BCUT2D eigenvalue weighted by Crippen LogP contribution is 2.31. The van der Waals surface area contributed by atoms with Gasteiger partial charge in [0.2, 0.25) is 0 Å². The van der Waals surface area contributed by atoms with Gasteiger partial charge in [-0.15, -0.1) is 0 Å². The van der Waals surface area contributed by atoms with Gasteiger partial charge >= 0.3 is 0 Å². The van der Waals surface area contributed by atoms with Crippen LogP contribution in [0.3, 0.4) is 0 Å². The van der Waals surface area contributed by atoms with Crippen molar-refractivity contribution in [3.8, 4) is 0 Å². The highest BCUT2D eigenvalue weighted by atomic mass is 16.2. The van der Waals surface area contributed by atoms with Crippen LogP contribution in [0.1, 0.15) is 43.5 Å². The summed E-state index contributed by atoms with van der Waals surface area (Å²) in [5.74, 6) is 0.472. The van der Waals surface area contributed by atoms with Gasteiger partial charge in [0.25, 0.3) is 11.7 Å². The molecule has 5 heteroatoms. The molecule has 1 aliphatic carbocycles. The quantitative estimate of drug-likeness (QED) is 0.614. The second-order valence-corrected chi connectivity index (χ2v) is 7.43. The lowest BCUT2D eigenvalue weighted by Gasteiger charge is -2.34. The second-order valence-electron chi connectivity index (χ2n) is 7.43. The normalized spacial score (nSPS) is 22.5. The predicted molar refractivity (Wildman–Crippen MR) is 92.7 cm³/mol. The zero-order valence-electron chi connectivity index (χ0n) is 14.6. The maximum atomic E-state index is 12.7. The summed E-state index contributed by atoms with van der Waals surface area (Å²) in [5.41, 5.74) is 0.377. The Bertz CT molecular complexity index is 584. The van der Waals surface area contributed by atoms with Crippen LogP contribution in [0.15, 0.2) is 24.5 Å². The number of carbonyl (C=O) groups is 2. The molecule has 1 aliphatic heterocycles. The first-order valence-electron chi connectivity index (χ1n) is 9.04. The number of Topliss-reactive ketones (excluding diaryl/α,β-unsaturated/α-hetero) is 1. The molecule has 3 rings (SSSR count). The molecule has 0 unspecified atom stereocenters. The Morgan fingerprint density at radius 2 is 2.08 bits per heavy atom. The van der Waals surface area contributed by atoms with E-state index in [9.17, 15) is 9.59 Å². The van der Waals surface area contributed by atoms with E-state index in [-0.39, 0.29) is 5.91 Å². The maximum absolute atomic E-state index is 12.7. The van der Waals surface area contributed by atoms with Crippen molar-refractivity contribution in [1.82, 2.24) is 14.8 Å². The first kappa shape index (κ1) is 17.1. The average molecular weight is 329 g/mol. The molecule has 1 saturated carbocycles. The minimum atomic E-state index is -0.443. The Morgan fingerprint density at radius 1 is 1.29 bits per heavy atom. The lowest BCUT2D eigenvalue weighted by molar-refractivity contribution is -0.126. The average Bonchev–Trinajstić information content (AvgIpc) is 3.41. The van der Waals surface area contributed by atoms with Crippen LogP contribution in [0.25, 0.3) is 0 Å². The number of hydrogen-bond donors (Lipinski definition) is 0. The van der Waals surface area contributed by atoms with Gasteiger partial charge in [0.1, 0.15) is 0 Å². The van der Waals surface area contributed by atoms with Crippen LogP contribution in [-0.4, -0.2) is 58.7 Å². The molecule has 2 fully saturated rings. The molecular formula is C19H27N3O2. The summed E-state index contributed by atoms with van der Waals surface area (Å²) in [4.78, 5) is 33.4. The summed E-state index contributed by atoms with van der Waals surface area (Å²) in [5, 5.41) is 0. The molecule has 24 heavy (non-hydrogen) atoms. The van der Waals surface area contributed by atoms with Crippen LogP contribution in [0, 0.1) is 11.8 Å². The van der Waals surface area contributed by atoms with Gasteiger partial charge in [-0.25, -0.2) is 0 Å². The first-order valence-corrected chi connectivity index (χ1v) is 9.04. The summed E-state index contributed by atoms with van der Waals surface area (Å²) < 4.78 is 0. The minimum absolute atomic E-state index is 0.332. The Balaban J connectivity index is 1.70. The van der Waals surface area contributed by atoms with Gasteiger partial charge in [0.15, 0.2) is 0 Å². The Hall–Kier alpha value is -1.75. The van der Waals surface area contributed by atoms with Crippen molar-refractivity contribution in [3.63, 3.8) is 0 Å². The smallest absolute Gasteiger partial charge is 0.295 e.